The molecule has 1 aromatic carbocycles. The highest BCUT2D eigenvalue weighted by Crippen LogP contribution is 2.28. The van der Waals surface area contributed by atoms with E-state index in [0.29, 0.717) is 13.2 Å². The molecule has 8 nitrogen and oxygen atoms in total. The Bertz CT molecular complexity index is 714. The number of carbonyl (C=O) groups excluding carboxylic acids is 1. The summed E-state index contributed by atoms with van der Waals surface area (Å²) in [5.41, 5.74) is 1.08. The number of rotatable bonds is 10. The SMILES string of the molecule is CCN(CC)CCOc1ccc(CNC(=NC)N2CCC(C(=O)OC)CC2)cc1OC. The van der Waals surface area contributed by atoms with Gasteiger partial charge in [-0.25, -0.2) is 0 Å². The lowest BCUT2D eigenvalue weighted by atomic mass is 9.97. The normalized spacial score (nSPS) is 15.2. The Morgan fingerprint density at radius 1 is 1.19 bits per heavy atom. The number of hydrogen-bond donors (Lipinski definition) is 1. The second-order valence-electron chi connectivity index (χ2n) is 7.55. The van der Waals surface area contributed by atoms with E-state index in [2.05, 4.69) is 34.0 Å². The van der Waals surface area contributed by atoms with Crippen molar-refractivity contribution in [2.75, 3.05) is 60.6 Å². The lowest BCUT2D eigenvalue weighted by Crippen LogP contribution is -2.46. The second-order valence-corrected chi connectivity index (χ2v) is 7.55. The molecule has 0 amide bonds. The van der Waals surface area contributed by atoms with E-state index in [9.17, 15) is 4.79 Å². The molecule has 8 heteroatoms. The lowest BCUT2D eigenvalue weighted by molar-refractivity contribution is -0.146. The van der Waals surface area contributed by atoms with Gasteiger partial charge in [0, 0.05) is 33.2 Å². The molecule has 2 rings (SSSR count). The van der Waals surface area contributed by atoms with Gasteiger partial charge in [0.2, 0.25) is 0 Å². The van der Waals surface area contributed by atoms with Crippen molar-refractivity contribution in [2.45, 2.75) is 33.2 Å². The number of likely N-dealkylation sites (tertiary alicyclic amines) is 1. The first-order valence-corrected chi connectivity index (χ1v) is 11.1. The Labute approximate surface area is 186 Å². The van der Waals surface area contributed by atoms with Crippen LogP contribution in [0.25, 0.3) is 0 Å². The molecule has 31 heavy (non-hydrogen) atoms. The van der Waals surface area contributed by atoms with Crippen molar-refractivity contribution >= 4 is 11.9 Å². The quantitative estimate of drug-likeness (QED) is 0.344. The fraction of sp³-hybridized carbons (Fsp3) is 0.652. The van der Waals surface area contributed by atoms with Crippen LogP contribution in [0.1, 0.15) is 32.3 Å². The molecule has 0 atom stereocenters. The maximum absolute atomic E-state index is 11.7. The van der Waals surface area contributed by atoms with Crippen molar-refractivity contribution in [3.8, 4) is 11.5 Å². The summed E-state index contributed by atoms with van der Waals surface area (Å²) < 4.78 is 16.3. The number of guanidine groups is 1. The third kappa shape index (κ3) is 7.31. The summed E-state index contributed by atoms with van der Waals surface area (Å²) in [4.78, 5) is 20.6. The Hall–Kier alpha value is -2.48. The summed E-state index contributed by atoms with van der Waals surface area (Å²) in [7, 11) is 4.89. The first-order chi connectivity index (χ1) is 15.1. The number of hydrogen-bond acceptors (Lipinski definition) is 6. The van der Waals surface area contributed by atoms with Gasteiger partial charge in [0.05, 0.1) is 20.1 Å². The van der Waals surface area contributed by atoms with Gasteiger partial charge >= 0.3 is 5.97 Å². The molecule has 0 aliphatic carbocycles. The molecule has 0 saturated carbocycles. The zero-order valence-corrected chi connectivity index (χ0v) is 19.6. The van der Waals surface area contributed by atoms with E-state index >= 15 is 0 Å². The number of esters is 1. The van der Waals surface area contributed by atoms with Gasteiger partial charge in [-0.15, -0.1) is 0 Å². The second kappa shape index (κ2) is 13.0. The van der Waals surface area contributed by atoms with Gasteiger partial charge in [0.15, 0.2) is 17.5 Å². The van der Waals surface area contributed by atoms with E-state index in [1.807, 2.05) is 18.2 Å². The number of nitrogens with zero attached hydrogens (tertiary/aromatic N) is 3. The highest BCUT2D eigenvalue weighted by atomic mass is 16.5. The van der Waals surface area contributed by atoms with E-state index in [1.165, 1.54) is 7.11 Å². The zero-order valence-electron chi connectivity index (χ0n) is 19.6. The minimum Gasteiger partial charge on any atom is -0.493 e. The summed E-state index contributed by atoms with van der Waals surface area (Å²) in [5.74, 6) is 2.19. The summed E-state index contributed by atoms with van der Waals surface area (Å²) >= 11 is 0. The third-order valence-electron chi connectivity index (χ3n) is 5.78. The van der Waals surface area contributed by atoms with Crippen LogP contribution in [-0.2, 0) is 16.1 Å². The van der Waals surface area contributed by atoms with Gasteiger partial charge in [-0.3, -0.25) is 9.79 Å². The van der Waals surface area contributed by atoms with Gasteiger partial charge in [-0.2, -0.15) is 0 Å². The number of benzene rings is 1. The maximum Gasteiger partial charge on any atom is 0.308 e. The molecule has 1 aliphatic rings. The van der Waals surface area contributed by atoms with E-state index in [1.54, 1.807) is 14.2 Å². The van der Waals surface area contributed by atoms with Crippen molar-refractivity contribution in [3.63, 3.8) is 0 Å². The minimum atomic E-state index is -0.117. The first kappa shape index (κ1) is 24.8. The molecule has 1 heterocycles. The first-order valence-electron chi connectivity index (χ1n) is 11.1. The molecule has 1 fully saturated rings. The number of ether oxygens (including phenoxy) is 3. The van der Waals surface area contributed by atoms with Gasteiger partial charge in [-0.1, -0.05) is 19.9 Å². The highest BCUT2D eigenvalue weighted by Gasteiger charge is 2.26. The summed E-state index contributed by atoms with van der Waals surface area (Å²) in [6.07, 6.45) is 1.56. The largest absolute Gasteiger partial charge is 0.493 e. The van der Waals surface area contributed by atoms with E-state index in [-0.39, 0.29) is 11.9 Å². The molecule has 1 aromatic rings. The van der Waals surface area contributed by atoms with E-state index < -0.39 is 0 Å². The number of methoxy groups -OCH3 is 2. The van der Waals surface area contributed by atoms with Crippen LogP contribution in [-0.4, -0.2) is 82.3 Å². The highest BCUT2D eigenvalue weighted by molar-refractivity contribution is 5.80. The molecule has 0 bridgehead atoms. The molecule has 174 valence electrons. The Balaban J connectivity index is 1.88. The smallest absolute Gasteiger partial charge is 0.308 e. The van der Waals surface area contributed by atoms with Crippen LogP contribution in [0.3, 0.4) is 0 Å². The molecule has 1 N–H and O–H groups in total. The number of nitrogens with one attached hydrogen (secondary N) is 1. The topological polar surface area (TPSA) is 75.6 Å². The minimum absolute atomic E-state index is 0.0158. The zero-order chi connectivity index (χ0) is 22.6. The Kier molecular flexibility index (Phi) is 10.4. The summed E-state index contributed by atoms with van der Waals surface area (Å²) in [6.45, 7) is 10.0. The van der Waals surface area contributed by atoms with Crippen LogP contribution in [0.15, 0.2) is 23.2 Å². The van der Waals surface area contributed by atoms with Crippen LogP contribution < -0.4 is 14.8 Å². The van der Waals surface area contributed by atoms with Gasteiger partial charge in [-0.05, 0) is 43.6 Å². The van der Waals surface area contributed by atoms with Crippen LogP contribution in [0.5, 0.6) is 11.5 Å². The van der Waals surface area contributed by atoms with E-state index in [4.69, 9.17) is 14.2 Å². The van der Waals surface area contributed by atoms with Crippen molar-refractivity contribution in [1.29, 1.82) is 0 Å². The maximum atomic E-state index is 11.7. The molecule has 0 spiro atoms. The summed E-state index contributed by atoms with van der Waals surface area (Å²) in [6, 6.07) is 6.00. The fourth-order valence-electron chi connectivity index (χ4n) is 3.77. The van der Waals surface area contributed by atoms with Gasteiger partial charge in [0.25, 0.3) is 0 Å². The van der Waals surface area contributed by atoms with Crippen LogP contribution in [0.2, 0.25) is 0 Å². The molecule has 1 aliphatic heterocycles. The van der Waals surface area contributed by atoms with Crippen molar-refractivity contribution < 1.29 is 19.0 Å². The molecule has 0 radical (unpaired) electrons. The third-order valence-corrected chi connectivity index (χ3v) is 5.78. The van der Waals surface area contributed by atoms with Crippen LogP contribution in [0, 0.1) is 5.92 Å². The van der Waals surface area contributed by atoms with Gasteiger partial charge in [0.1, 0.15) is 6.61 Å². The number of piperidine rings is 1. The predicted molar refractivity (Wildman–Crippen MR) is 123 cm³/mol. The standard InChI is InChI=1S/C23H38N4O4/c1-6-26(7-2)14-15-31-20-9-8-18(16-21(20)29-4)17-25-23(24-3)27-12-10-19(11-13-27)22(28)30-5/h8-9,16,19H,6-7,10-15,17H2,1-5H3,(H,24,25). The predicted octanol–water partition coefficient (Wildman–Crippen LogP) is 2.38. The Morgan fingerprint density at radius 3 is 2.48 bits per heavy atom. The Morgan fingerprint density at radius 2 is 1.90 bits per heavy atom. The molecular weight excluding hydrogens is 396 g/mol. The summed E-state index contributed by atoms with van der Waals surface area (Å²) in [5, 5.41) is 3.41. The van der Waals surface area contributed by atoms with Crippen molar-refractivity contribution in [2.24, 2.45) is 10.9 Å². The fourth-order valence-corrected chi connectivity index (χ4v) is 3.77. The molecular formula is C23H38N4O4. The number of likely N-dealkylation sites (N-methyl/N-ethyl adjacent to an activating group) is 1. The van der Waals surface area contributed by atoms with Crippen molar-refractivity contribution in [1.82, 2.24) is 15.1 Å². The average molecular weight is 435 g/mol. The monoisotopic (exact) mass is 434 g/mol. The van der Waals surface area contributed by atoms with Crippen molar-refractivity contribution in [3.05, 3.63) is 23.8 Å². The van der Waals surface area contributed by atoms with Crippen LogP contribution in [0.4, 0.5) is 0 Å². The lowest BCUT2D eigenvalue weighted by Gasteiger charge is -2.33. The molecule has 0 aromatic heterocycles. The molecule has 0 unspecified atom stereocenters. The average Bonchev–Trinajstić information content (AvgIpc) is 2.82. The van der Waals surface area contributed by atoms with E-state index in [0.717, 1.165) is 68.6 Å². The molecule has 1 saturated heterocycles. The number of aliphatic imine (C=N–C) groups is 1. The number of carbonyl (C=O) groups is 1. The van der Waals surface area contributed by atoms with Crippen LogP contribution >= 0.6 is 0 Å². The van der Waals surface area contributed by atoms with Gasteiger partial charge < -0.3 is 29.3 Å².